The molecule has 1 aliphatic rings. The monoisotopic (exact) mass is 244 g/mol. The Morgan fingerprint density at radius 3 is 2.78 bits per heavy atom. The Hall–Kier alpha value is -1.32. The van der Waals surface area contributed by atoms with E-state index in [9.17, 15) is 0 Å². The van der Waals surface area contributed by atoms with E-state index in [1.807, 2.05) is 0 Å². The molecule has 0 bridgehead atoms. The van der Waals surface area contributed by atoms with Crippen LogP contribution in [-0.2, 0) is 10.2 Å². The van der Waals surface area contributed by atoms with Crippen molar-refractivity contribution in [2.75, 3.05) is 19.8 Å². The molecule has 0 amide bonds. The summed E-state index contributed by atoms with van der Waals surface area (Å²) in [5.41, 5.74) is 2.74. The van der Waals surface area contributed by atoms with Crippen LogP contribution in [0.1, 0.15) is 19.4 Å². The van der Waals surface area contributed by atoms with E-state index in [2.05, 4.69) is 54.6 Å². The fourth-order valence-electron chi connectivity index (χ4n) is 2.61. The maximum absolute atomic E-state index is 5.49. The van der Waals surface area contributed by atoms with Crippen LogP contribution in [0.4, 0.5) is 0 Å². The zero-order valence-corrected chi connectivity index (χ0v) is 11.0. The van der Waals surface area contributed by atoms with Crippen LogP contribution in [-0.4, -0.2) is 30.8 Å². The number of hydrogen-bond donors (Lipinski definition) is 2. The van der Waals surface area contributed by atoms with Gasteiger partial charge < -0.3 is 15.0 Å². The third-order valence-corrected chi connectivity index (χ3v) is 3.77. The number of rotatable bonds is 4. The number of H-pyrrole nitrogens is 1. The summed E-state index contributed by atoms with van der Waals surface area (Å²) in [4.78, 5) is 3.37. The van der Waals surface area contributed by atoms with Crippen LogP contribution in [0, 0.1) is 0 Å². The number of aromatic amines is 1. The second-order valence-electron chi connectivity index (χ2n) is 5.56. The standard InChI is InChI=1S/C15H20N2O/c1-11(2)17-8-15(9-18-10-15)13-7-16-14-6-4-3-5-12(13)14/h3-7,11,16-17H,8-10H2,1-2H3. The highest BCUT2D eigenvalue weighted by Gasteiger charge is 2.41. The van der Waals surface area contributed by atoms with Crippen LogP contribution in [0.3, 0.4) is 0 Å². The zero-order chi connectivity index (χ0) is 12.6. The molecule has 3 nitrogen and oxygen atoms in total. The van der Waals surface area contributed by atoms with Gasteiger partial charge in [-0.3, -0.25) is 0 Å². The van der Waals surface area contributed by atoms with E-state index in [0.29, 0.717) is 6.04 Å². The van der Waals surface area contributed by atoms with Gasteiger partial charge in [0.2, 0.25) is 0 Å². The number of ether oxygens (including phenoxy) is 1. The summed E-state index contributed by atoms with van der Waals surface area (Å²) in [6.07, 6.45) is 2.15. The summed E-state index contributed by atoms with van der Waals surface area (Å²) in [6, 6.07) is 8.99. The number of aromatic nitrogens is 1. The van der Waals surface area contributed by atoms with Crippen molar-refractivity contribution < 1.29 is 4.74 Å². The number of fused-ring (bicyclic) bond motifs is 1. The van der Waals surface area contributed by atoms with Gasteiger partial charge in [0.05, 0.1) is 18.6 Å². The fourth-order valence-corrected chi connectivity index (χ4v) is 2.61. The first kappa shape index (κ1) is 11.8. The topological polar surface area (TPSA) is 37.0 Å². The second-order valence-corrected chi connectivity index (χ2v) is 5.56. The van der Waals surface area contributed by atoms with E-state index in [-0.39, 0.29) is 5.41 Å². The minimum absolute atomic E-state index is 0.143. The molecule has 0 unspecified atom stereocenters. The molecule has 1 aromatic heterocycles. The minimum atomic E-state index is 0.143. The quantitative estimate of drug-likeness (QED) is 0.866. The molecule has 1 fully saturated rings. The number of para-hydroxylation sites is 1. The number of nitrogens with one attached hydrogen (secondary N) is 2. The lowest BCUT2D eigenvalue weighted by Crippen LogP contribution is -2.54. The Kier molecular flexibility index (Phi) is 2.88. The van der Waals surface area contributed by atoms with Crippen molar-refractivity contribution in [1.82, 2.24) is 10.3 Å². The van der Waals surface area contributed by atoms with E-state index in [0.717, 1.165) is 19.8 Å². The van der Waals surface area contributed by atoms with E-state index in [1.165, 1.54) is 16.5 Å². The molecule has 0 aliphatic carbocycles. The van der Waals surface area contributed by atoms with Crippen molar-refractivity contribution >= 4 is 10.9 Å². The van der Waals surface area contributed by atoms with Gasteiger partial charge in [-0.05, 0) is 11.6 Å². The first-order chi connectivity index (χ1) is 8.71. The van der Waals surface area contributed by atoms with Crippen molar-refractivity contribution in [1.29, 1.82) is 0 Å². The van der Waals surface area contributed by atoms with Crippen LogP contribution < -0.4 is 5.32 Å². The lowest BCUT2D eigenvalue weighted by molar-refractivity contribution is -0.0589. The highest BCUT2D eigenvalue weighted by atomic mass is 16.5. The molecular weight excluding hydrogens is 224 g/mol. The maximum Gasteiger partial charge on any atom is 0.0598 e. The smallest absolute Gasteiger partial charge is 0.0598 e. The molecule has 3 heteroatoms. The van der Waals surface area contributed by atoms with Gasteiger partial charge in [0.15, 0.2) is 0 Å². The molecule has 2 heterocycles. The predicted octanol–water partition coefficient (Wildman–Crippen LogP) is 2.43. The Morgan fingerprint density at radius 1 is 1.33 bits per heavy atom. The van der Waals surface area contributed by atoms with Crippen molar-refractivity contribution in [3.05, 3.63) is 36.0 Å². The first-order valence-electron chi connectivity index (χ1n) is 6.59. The summed E-state index contributed by atoms with van der Waals surface area (Å²) in [7, 11) is 0. The molecule has 18 heavy (non-hydrogen) atoms. The maximum atomic E-state index is 5.49. The SMILES string of the molecule is CC(C)NCC1(c2c[nH]c3ccccc23)COC1. The Morgan fingerprint density at radius 2 is 2.11 bits per heavy atom. The van der Waals surface area contributed by atoms with Gasteiger partial charge in [0.25, 0.3) is 0 Å². The van der Waals surface area contributed by atoms with Gasteiger partial charge in [0, 0.05) is 29.7 Å². The minimum Gasteiger partial charge on any atom is -0.379 e. The number of hydrogen-bond acceptors (Lipinski definition) is 2. The predicted molar refractivity (Wildman–Crippen MR) is 73.9 cm³/mol. The summed E-state index contributed by atoms with van der Waals surface area (Å²) < 4.78 is 5.49. The van der Waals surface area contributed by atoms with Gasteiger partial charge >= 0.3 is 0 Å². The van der Waals surface area contributed by atoms with Crippen LogP contribution in [0.25, 0.3) is 10.9 Å². The van der Waals surface area contributed by atoms with Crippen LogP contribution >= 0.6 is 0 Å². The summed E-state index contributed by atoms with van der Waals surface area (Å²) in [6.45, 7) is 6.97. The van der Waals surface area contributed by atoms with Gasteiger partial charge in [-0.2, -0.15) is 0 Å². The Labute approximate surface area is 108 Å². The number of benzene rings is 1. The second kappa shape index (κ2) is 4.41. The van der Waals surface area contributed by atoms with Crippen LogP contribution in [0.2, 0.25) is 0 Å². The molecule has 2 aromatic rings. The molecule has 2 N–H and O–H groups in total. The third-order valence-electron chi connectivity index (χ3n) is 3.77. The Bertz CT molecular complexity index is 540. The molecule has 3 rings (SSSR count). The first-order valence-corrected chi connectivity index (χ1v) is 6.59. The van der Waals surface area contributed by atoms with Gasteiger partial charge in [-0.1, -0.05) is 32.0 Å². The lowest BCUT2D eigenvalue weighted by Gasteiger charge is -2.42. The Balaban J connectivity index is 1.96. The van der Waals surface area contributed by atoms with Crippen molar-refractivity contribution in [3.63, 3.8) is 0 Å². The van der Waals surface area contributed by atoms with Gasteiger partial charge in [-0.15, -0.1) is 0 Å². The molecule has 0 radical (unpaired) electrons. The van der Waals surface area contributed by atoms with Crippen molar-refractivity contribution in [3.8, 4) is 0 Å². The molecular formula is C15H20N2O. The van der Waals surface area contributed by atoms with E-state index in [4.69, 9.17) is 4.74 Å². The van der Waals surface area contributed by atoms with Gasteiger partial charge in [0.1, 0.15) is 0 Å². The van der Waals surface area contributed by atoms with E-state index >= 15 is 0 Å². The van der Waals surface area contributed by atoms with E-state index < -0.39 is 0 Å². The summed E-state index contributed by atoms with van der Waals surface area (Å²) in [5.74, 6) is 0. The zero-order valence-electron chi connectivity index (χ0n) is 11.0. The molecule has 96 valence electrons. The normalized spacial score (nSPS) is 18.2. The third kappa shape index (κ3) is 1.84. The van der Waals surface area contributed by atoms with E-state index in [1.54, 1.807) is 0 Å². The highest BCUT2D eigenvalue weighted by molar-refractivity contribution is 5.84. The van der Waals surface area contributed by atoms with Gasteiger partial charge in [-0.25, -0.2) is 0 Å². The molecule has 0 atom stereocenters. The average molecular weight is 244 g/mol. The van der Waals surface area contributed by atoms with Crippen LogP contribution in [0.15, 0.2) is 30.5 Å². The molecule has 0 saturated carbocycles. The van der Waals surface area contributed by atoms with Crippen LogP contribution in [0.5, 0.6) is 0 Å². The average Bonchev–Trinajstić information content (AvgIpc) is 2.72. The molecule has 1 saturated heterocycles. The fraction of sp³-hybridized carbons (Fsp3) is 0.467. The molecule has 1 aromatic carbocycles. The molecule has 1 aliphatic heterocycles. The van der Waals surface area contributed by atoms with Crippen molar-refractivity contribution in [2.24, 2.45) is 0 Å². The lowest BCUT2D eigenvalue weighted by atomic mass is 9.78. The highest BCUT2D eigenvalue weighted by Crippen LogP contribution is 2.36. The largest absolute Gasteiger partial charge is 0.379 e. The molecule has 0 spiro atoms. The van der Waals surface area contributed by atoms with Crippen molar-refractivity contribution in [2.45, 2.75) is 25.3 Å². The summed E-state index contributed by atoms with van der Waals surface area (Å²) >= 11 is 0. The summed E-state index contributed by atoms with van der Waals surface area (Å²) in [5, 5.41) is 4.87.